The molecule has 0 atom stereocenters. The Balaban J connectivity index is 3.21. The van der Waals surface area contributed by atoms with Gasteiger partial charge >= 0.3 is 0 Å². The van der Waals surface area contributed by atoms with Crippen LogP contribution in [0.15, 0.2) is 5.16 Å². The summed E-state index contributed by atoms with van der Waals surface area (Å²) in [6.07, 6.45) is 1.68. The molecule has 0 aromatic carbocycles. The second kappa shape index (κ2) is 5.09. The lowest BCUT2D eigenvalue weighted by atomic mass is 10.3. The summed E-state index contributed by atoms with van der Waals surface area (Å²) in [5, 5.41) is 4.40. The van der Waals surface area contributed by atoms with E-state index in [9.17, 15) is 0 Å². The first-order chi connectivity index (χ1) is 3.81. The highest BCUT2D eigenvalue weighted by atomic mass is 79.9. The quantitative estimate of drug-likeness (QED) is 0.366. The van der Waals surface area contributed by atoms with Crippen LogP contribution in [0.2, 0.25) is 0 Å². The molecule has 0 saturated carbocycles. The Morgan fingerprint density at radius 3 is 2.88 bits per heavy atom. The molecule has 0 aromatic rings. The van der Waals surface area contributed by atoms with Crippen molar-refractivity contribution >= 4 is 22.1 Å². The van der Waals surface area contributed by atoms with Crippen LogP contribution in [0.25, 0.3) is 0 Å². The zero-order chi connectivity index (χ0) is 6.41. The number of nitrogens with zero attached hydrogens (tertiary/aromatic N) is 1. The van der Waals surface area contributed by atoms with Gasteiger partial charge in [0.1, 0.15) is 7.11 Å². The Morgan fingerprint density at radius 1 is 1.88 bits per heavy atom. The van der Waals surface area contributed by atoms with Gasteiger partial charge in [0.2, 0.25) is 0 Å². The average molecular weight is 179 g/mol. The summed E-state index contributed by atoms with van der Waals surface area (Å²) >= 11 is 3.26. The predicted molar refractivity (Wildman–Crippen MR) is 38.2 cm³/mol. The molecule has 0 aliphatic heterocycles. The third-order valence-corrected chi connectivity index (χ3v) is 1.47. The number of hydrogen-bond acceptors (Lipinski definition) is 2. The highest BCUT2D eigenvalue weighted by molar-refractivity contribution is 9.09. The Kier molecular flexibility index (Phi) is 5.06. The first kappa shape index (κ1) is 7.95. The second-order valence-corrected chi connectivity index (χ2v) is 1.96. The first-order valence-corrected chi connectivity index (χ1v) is 3.38. The van der Waals surface area contributed by atoms with E-state index in [-0.39, 0.29) is 0 Å². The van der Waals surface area contributed by atoms with Crippen molar-refractivity contribution in [3.05, 3.63) is 5.92 Å². The van der Waals surface area contributed by atoms with Crippen LogP contribution in [0.4, 0.5) is 0 Å². The summed E-state index contributed by atoms with van der Waals surface area (Å²) in [7, 11) is 1.53. The minimum atomic E-state index is 0.847. The topological polar surface area (TPSA) is 21.6 Å². The molecule has 0 saturated heterocycles. The van der Waals surface area contributed by atoms with E-state index in [1.165, 1.54) is 7.11 Å². The van der Waals surface area contributed by atoms with E-state index in [2.05, 4.69) is 25.9 Å². The molecule has 0 spiro atoms. The molecule has 8 heavy (non-hydrogen) atoms. The number of hydrogen-bond donors (Lipinski definition) is 0. The fraction of sp³-hybridized carbons (Fsp3) is 0.600. The molecule has 2 nitrogen and oxygen atoms in total. The maximum Gasteiger partial charge on any atom is 0.106 e. The monoisotopic (exact) mass is 178 g/mol. The highest BCUT2D eigenvalue weighted by Gasteiger charge is 1.91. The second-order valence-electron chi connectivity index (χ2n) is 1.40. The largest absolute Gasteiger partial charge is 0.399 e. The van der Waals surface area contributed by atoms with Crippen LogP contribution in [0.1, 0.15) is 6.92 Å². The van der Waals surface area contributed by atoms with Crippen molar-refractivity contribution < 1.29 is 4.84 Å². The van der Waals surface area contributed by atoms with Gasteiger partial charge in [-0.2, -0.15) is 0 Å². The number of rotatable bonds is 3. The molecular formula is C5H9BrNO. The van der Waals surface area contributed by atoms with E-state index in [4.69, 9.17) is 0 Å². The van der Waals surface area contributed by atoms with E-state index in [1.54, 1.807) is 6.21 Å². The van der Waals surface area contributed by atoms with Gasteiger partial charge in [0.15, 0.2) is 0 Å². The normalized spacial score (nSPS) is 11.0. The highest BCUT2D eigenvalue weighted by Crippen LogP contribution is 1.97. The summed E-state index contributed by atoms with van der Waals surface area (Å²) in [5.41, 5.74) is 0. The molecule has 0 aliphatic rings. The van der Waals surface area contributed by atoms with E-state index in [1.807, 2.05) is 6.92 Å². The molecule has 0 amide bonds. The molecule has 0 aromatic heterocycles. The summed E-state index contributed by atoms with van der Waals surface area (Å²) in [6.45, 7) is 1.97. The van der Waals surface area contributed by atoms with Gasteiger partial charge in [0.05, 0.1) is 6.21 Å². The maximum absolute atomic E-state index is 4.44. The van der Waals surface area contributed by atoms with Crippen molar-refractivity contribution in [3.8, 4) is 0 Å². The smallest absolute Gasteiger partial charge is 0.106 e. The van der Waals surface area contributed by atoms with Gasteiger partial charge in [0, 0.05) is 11.2 Å². The van der Waals surface area contributed by atoms with Crippen LogP contribution in [-0.2, 0) is 4.84 Å². The van der Waals surface area contributed by atoms with Crippen LogP contribution in [0.3, 0.4) is 0 Å². The lowest BCUT2D eigenvalue weighted by molar-refractivity contribution is 0.215. The van der Waals surface area contributed by atoms with Crippen molar-refractivity contribution in [1.82, 2.24) is 0 Å². The maximum atomic E-state index is 4.44. The fourth-order valence-electron chi connectivity index (χ4n) is 0.177. The van der Waals surface area contributed by atoms with Crippen molar-refractivity contribution in [2.75, 3.05) is 12.4 Å². The Bertz CT molecular complexity index is 74.8. The van der Waals surface area contributed by atoms with Crippen molar-refractivity contribution in [2.45, 2.75) is 6.92 Å². The molecule has 1 radical (unpaired) electrons. The molecule has 0 bridgehead atoms. The van der Waals surface area contributed by atoms with Gasteiger partial charge in [-0.05, 0) is 0 Å². The van der Waals surface area contributed by atoms with Crippen LogP contribution in [-0.4, -0.2) is 18.7 Å². The van der Waals surface area contributed by atoms with E-state index < -0.39 is 0 Å². The molecule has 0 rings (SSSR count). The van der Waals surface area contributed by atoms with Gasteiger partial charge < -0.3 is 4.84 Å². The van der Waals surface area contributed by atoms with E-state index in [0.29, 0.717) is 0 Å². The number of alkyl halides is 1. The minimum Gasteiger partial charge on any atom is -0.399 e. The summed E-state index contributed by atoms with van der Waals surface area (Å²) in [5.74, 6) is 1.15. The zero-order valence-electron chi connectivity index (χ0n) is 5.02. The van der Waals surface area contributed by atoms with Gasteiger partial charge in [0.25, 0.3) is 0 Å². The predicted octanol–water partition coefficient (Wildman–Crippen LogP) is 1.61. The van der Waals surface area contributed by atoms with E-state index in [0.717, 1.165) is 11.2 Å². The summed E-state index contributed by atoms with van der Waals surface area (Å²) in [6, 6.07) is 0. The summed E-state index contributed by atoms with van der Waals surface area (Å²) in [4.78, 5) is 4.44. The standard InChI is InChI=1S/C5H9BrNO/c1-5(3-6)4-7-8-2/h4H,3H2,1-2H3/b7-4+. The minimum absolute atomic E-state index is 0.847. The van der Waals surface area contributed by atoms with Crippen molar-refractivity contribution in [1.29, 1.82) is 0 Å². The molecule has 0 fully saturated rings. The fourth-order valence-corrected chi connectivity index (χ4v) is 0.322. The van der Waals surface area contributed by atoms with Crippen molar-refractivity contribution in [3.63, 3.8) is 0 Å². The number of halogens is 1. The lowest BCUT2D eigenvalue weighted by Gasteiger charge is -1.93. The van der Waals surface area contributed by atoms with Gasteiger partial charge in [-0.3, -0.25) is 0 Å². The summed E-state index contributed by atoms with van der Waals surface area (Å²) < 4.78 is 0. The molecule has 47 valence electrons. The third kappa shape index (κ3) is 4.12. The first-order valence-electron chi connectivity index (χ1n) is 2.26. The Labute approximate surface area is 58.0 Å². The van der Waals surface area contributed by atoms with Gasteiger partial charge in [-0.1, -0.05) is 28.0 Å². The molecule has 0 N–H and O–H groups in total. The van der Waals surface area contributed by atoms with E-state index >= 15 is 0 Å². The van der Waals surface area contributed by atoms with Crippen LogP contribution >= 0.6 is 15.9 Å². The molecule has 0 heterocycles. The Hall–Kier alpha value is -0.0500. The molecule has 3 heteroatoms. The molecule has 0 aliphatic carbocycles. The number of oxime groups is 1. The average Bonchev–Trinajstić information content (AvgIpc) is 1.83. The SMILES string of the molecule is CO/N=C/[C](C)CBr. The molecule has 0 unspecified atom stereocenters. The Morgan fingerprint density at radius 2 is 2.50 bits per heavy atom. The van der Waals surface area contributed by atoms with Crippen LogP contribution in [0.5, 0.6) is 0 Å². The third-order valence-electron chi connectivity index (χ3n) is 0.589. The lowest BCUT2D eigenvalue weighted by Crippen LogP contribution is -1.92. The van der Waals surface area contributed by atoms with Crippen LogP contribution in [0, 0.1) is 5.92 Å². The van der Waals surface area contributed by atoms with Gasteiger partial charge in [-0.15, -0.1) is 0 Å². The van der Waals surface area contributed by atoms with Gasteiger partial charge in [-0.25, -0.2) is 0 Å². The zero-order valence-corrected chi connectivity index (χ0v) is 6.60. The molecular weight excluding hydrogens is 170 g/mol. The van der Waals surface area contributed by atoms with Crippen molar-refractivity contribution in [2.24, 2.45) is 5.16 Å². The van der Waals surface area contributed by atoms with Crippen LogP contribution < -0.4 is 0 Å².